The predicted octanol–water partition coefficient (Wildman–Crippen LogP) is 3.13. The van der Waals surface area contributed by atoms with Crippen LogP contribution < -0.4 is 9.47 Å². The van der Waals surface area contributed by atoms with Crippen molar-refractivity contribution in [2.24, 2.45) is 10.8 Å². The molecule has 0 spiro atoms. The number of rotatable bonds is 5. The lowest BCUT2D eigenvalue weighted by Gasteiger charge is -2.34. The summed E-state index contributed by atoms with van der Waals surface area (Å²) in [5.41, 5.74) is -2.91. The topological polar surface area (TPSA) is 141 Å². The number of likely N-dealkylation sites (tertiary alicyclic amines) is 1. The van der Waals surface area contributed by atoms with Gasteiger partial charge in [0.25, 0.3) is 0 Å². The average Bonchev–Trinajstić information content (AvgIpc) is 3.44. The summed E-state index contributed by atoms with van der Waals surface area (Å²) in [6, 6.07) is 15.0. The summed E-state index contributed by atoms with van der Waals surface area (Å²) < 4.78 is 10.6. The number of allylic oxidation sites excluding steroid dienone is 2. The molecule has 1 aliphatic carbocycles. The molecule has 0 bridgehead atoms. The van der Waals surface area contributed by atoms with Crippen molar-refractivity contribution in [3.8, 4) is 41.8 Å². The van der Waals surface area contributed by atoms with Gasteiger partial charge in [-0.15, -0.1) is 0 Å². The van der Waals surface area contributed by atoms with Gasteiger partial charge in [-0.25, -0.2) is 0 Å². The number of piperidine rings is 1. The average molecular weight is 412 g/mol. The van der Waals surface area contributed by atoms with Crippen LogP contribution in [0.1, 0.15) is 30.7 Å². The second-order valence-corrected chi connectivity index (χ2v) is 7.49. The lowest BCUT2D eigenvalue weighted by Crippen LogP contribution is -2.35. The first-order valence-electron chi connectivity index (χ1n) is 9.80. The molecular formula is C23H20N6O2. The summed E-state index contributed by atoms with van der Waals surface area (Å²) >= 11 is 0. The lowest BCUT2D eigenvalue weighted by atomic mass is 9.87. The zero-order valence-electron chi connectivity index (χ0n) is 17.3. The van der Waals surface area contributed by atoms with Crippen LogP contribution in [0.15, 0.2) is 29.5 Å². The van der Waals surface area contributed by atoms with Gasteiger partial charge in [-0.3, -0.25) is 0 Å². The molecule has 0 aromatic heterocycles. The summed E-state index contributed by atoms with van der Waals surface area (Å²) in [5, 5.41) is 49.8. The van der Waals surface area contributed by atoms with Gasteiger partial charge in [-0.05, 0) is 37.0 Å². The second-order valence-electron chi connectivity index (χ2n) is 7.49. The zero-order chi connectivity index (χ0) is 22.6. The molecule has 2 fully saturated rings. The SMILES string of the molecule is COc1ccc([C@H]2C(C#N)(C#N)[C@]2(C#N)C(=C(C#N)C#N)N2CCCCC2)cc1OC. The van der Waals surface area contributed by atoms with E-state index in [2.05, 4.69) is 6.07 Å². The smallest absolute Gasteiger partial charge is 0.177 e. The Kier molecular flexibility index (Phi) is 5.75. The van der Waals surface area contributed by atoms with Gasteiger partial charge in [0.15, 0.2) is 22.5 Å². The summed E-state index contributed by atoms with van der Waals surface area (Å²) in [4.78, 5) is 1.83. The molecule has 0 N–H and O–H groups in total. The minimum absolute atomic E-state index is 0.183. The first kappa shape index (κ1) is 21.5. The molecule has 1 aliphatic heterocycles. The zero-order valence-corrected chi connectivity index (χ0v) is 17.3. The molecule has 31 heavy (non-hydrogen) atoms. The first-order valence-corrected chi connectivity index (χ1v) is 9.80. The number of hydrogen-bond acceptors (Lipinski definition) is 8. The normalized spacial score (nSPS) is 23.0. The van der Waals surface area contributed by atoms with Crippen LogP contribution in [-0.2, 0) is 0 Å². The van der Waals surface area contributed by atoms with E-state index in [0.717, 1.165) is 19.3 Å². The van der Waals surface area contributed by atoms with Crippen molar-refractivity contribution in [3.05, 3.63) is 35.0 Å². The van der Waals surface area contributed by atoms with Gasteiger partial charge in [0.1, 0.15) is 17.6 Å². The van der Waals surface area contributed by atoms with E-state index in [9.17, 15) is 26.3 Å². The van der Waals surface area contributed by atoms with E-state index >= 15 is 0 Å². The minimum atomic E-state index is -1.74. The van der Waals surface area contributed by atoms with Crippen molar-refractivity contribution in [2.45, 2.75) is 25.2 Å². The summed E-state index contributed by atoms with van der Waals surface area (Å²) in [7, 11) is 2.96. The highest BCUT2D eigenvalue weighted by molar-refractivity contribution is 5.64. The maximum atomic E-state index is 10.4. The lowest BCUT2D eigenvalue weighted by molar-refractivity contribution is 0.254. The fourth-order valence-electron chi connectivity index (χ4n) is 4.72. The molecule has 0 amide bonds. The van der Waals surface area contributed by atoms with Gasteiger partial charge in [0.05, 0.1) is 38.1 Å². The molecule has 154 valence electrons. The van der Waals surface area contributed by atoms with E-state index in [1.165, 1.54) is 14.2 Å². The van der Waals surface area contributed by atoms with Crippen molar-refractivity contribution in [1.29, 1.82) is 26.3 Å². The molecule has 1 heterocycles. The highest BCUT2D eigenvalue weighted by Gasteiger charge is 2.83. The van der Waals surface area contributed by atoms with E-state index in [0.29, 0.717) is 30.2 Å². The van der Waals surface area contributed by atoms with Crippen LogP contribution in [0.4, 0.5) is 0 Å². The van der Waals surface area contributed by atoms with Crippen LogP contribution in [0.3, 0.4) is 0 Å². The fourth-order valence-corrected chi connectivity index (χ4v) is 4.72. The van der Waals surface area contributed by atoms with E-state index in [4.69, 9.17) is 9.47 Å². The molecule has 1 saturated heterocycles. The Hall–Kier alpha value is -4.19. The van der Waals surface area contributed by atoms with Crippen molar-refractivity contribution in [2.75, 3.05) is 27.3 Å². The number of nitrogens with zero attached hydrogens (tertiary/aromatic N) is 6. The molecule has 8 heteroatoms. The molecule has 8 nitrogen and oxygen atoms in total. The summed E-state index contributed by atoms with van der Waals surface area (Å²) in [5.74, 6) is 0.0109. The maximum absolute atomic E-state index is 10.4. The minimum Gasteiger partial charge on any atom is -0.493 e. The number of benzene rings is 1. The second kappa shape index (κ2) is 8.28. The van der Waals surface area contributed by atoms with Crippen LogP contribution in [0.2, 0.25) is 0 Å². The quantitative estimate of drug-likeness (QED) is 0.672. The van der Waals surface area contributed by atoms with Gasteiger partial charge in [-0.2, -0.15) is 26.3 Å². The molecule has 3 rings (SSSR count). The maximum Gasteiger partial charge on any atom is 0.177 e. The summed E-state index contributed by atoms with van der Waals surface area (Å²) in [6.45, 7) is 1.11. The van der Waals surface area contributed by atoms with E-state index < -0.39 is 16.7 Å². The summed E-state index contributed by atoms with van der Waals surface area (Å²) in [6.07, 6.45) is 2.67. The fraction of sp³-hybridized carbons (Fsp3) is 0.435. The monoisotopic (exact) mass is 412 g/mol. The standard InChI is InChI=1S/C23H20N6O2/c1-30-18-7-6-16(10-19(18)31-2)20-22(13-26,14-27)23(20,15-28)21(17(11-24)12-25)29-8-4-3-5-9-29/h6-7,10,20H,3-5,8-9H2,1-2H3/t20-,23-/m0/s1. The third kappa shape index (κ3) is 2.92. The molecule has 2 atom stereocenters. The molecule has 1 aromatic rings. The number of methoxy groups -OCH3 is 2. The molecule has 0 unspecified atom stereocenters. The molecule has 1 aromatic carbocycles. The predicted molar refractivity (Wildman–Crippen MR) is 108 cm³/mol. The van der Waals surface area contributed by atoms with E-state index in [1.807, 2.05) is 29.2 Å². The number of hydrogen-bond donors (Lipinski definition) is 0. The Labute approximate surface area is 181 Å². The molecular weight excluding hydrogens is 392 g/mol. The van der Waals surface area contributed by atoms with E-state index in [-0.39, 0.29) is 11.3 Å². The highest BCUT2D eigenvalue weighted by atomic mass is 16.5. The number of nitriles is 5. The van der Waals surface area contributed by atoms with Gasteiger partial charge >= 0.3 is 0 Å². The van der Waals surface area contributed by atoms with E-state index in [1.54, 1.807) is 18.2 Å². The Bertz CT molecular complexity index is 1100. The van der Waals surface area contributed by atoms with Crippen molar-refractivity contribution in [3.63, 3.8) is 0 Å². The molecule has 0 radical (unpaired) electrons. The van der Waals surface area contributed by atoms with Gasteiger partial charge in [0, 0.05) is 19.0 Å². The van der Waals surface area contributed by atoms with Gasteiger partial charge in [-0.1, -0.05) is 6.07 Å². The highest BCUT2D eigenvalue weighted by Crippen LogP contribution is 2.77. The van der Waals surface area contributed by atoms with Crippen LogP contribution in [-0.4, -0.2) is 32.2 Å². The number of ether oxygens (including phenoxy) is 2. The first-order chi connectivity index (χ1) is 15.0. The third-order valence-electron chi connectivity index (χ3n) is 6.18. The van der Waals surface area contributed by atoms with Crippen molar-refractivity contribution < 1.29 is 9.47 Å². The van der Waals surface area contributed by atoms with Crippen LogP contribution in [0.5, 0.6) is 11.5 Å². The van der Waals surface area contributed by atoms with Crippen LogP contribution in [0.25, 0.3) is 0 Å². The third-order valence-corrected chi connectivity index (χ3v) is 6.18. The van der Waals surface area contributed by atoms with Gasteiger partial charge in [0.2, 0.25) is 0 Å². The Morgan fingerprint density at radius 1 is 0.903 bits per heavy atom. The molecule has 2 aliphatic rings. The molecule has 1 saturated carbocycles. The van der Waals surface area contributed by atoms with Crippen molar-refractivity contribution >= 4 is 0 Å². The Morgan fingerprint density at radius 2 is 1.52 bits per heavy atom. The Morgan fingerprint density at radius 3 is 2.00 bits per heavy atom. The van der Waals surface area contributed by atoms with Gasteiger partial charge < -0.3 is 14.4 Å². The van der Waals surface area contributed by atoms with Crippen LogP contribution >= 0.6 is 0 Å². The van der Waals surface area contributed by atoms with Crippen molar-refractivity contribution in [1.82, 2.24) is 4.90 Å². The van der Waals surface area contributed by atoms with Crippen LogP contribution in [0, 0.1) is 67.5 Å². The Balaban J connectivity index is 2.29. The largest absolute Gasteiger partial charge is 0.493 e.